The highest BCUT2D eigenvalue weighted by atomic mass is 16.6. The number of phenols is 1. The number of nitro groups is 1. The van der Waals surface area contributed by atoms with Gasteiger partial charge in [-0.2, -0.15) is 0 Å². The minimum atomic E-state index is -0.711. The molecule has 136 valence electrons. The minimum absolute atomic E-state index is 0.0321. The average molecular weight is 360 g/mol. The van der Waals surface area contributed by atoms with Crippen molar-refractivity contribution in [1.29, 1.82) is 0 Å². The monoisotopic (exact) mass is 360 g/mol. The van der Waals surface area contributed by atoms with Crippen LogP contribution < -0.4 is 10.1 Å². The molecule has 0 aliphatic carbocycles. The third-order valence-corrected chi connectivity index (χ3v) is 3.32. The molecule has 9 nitrogen and oxygen atoms in total. The number of benzene rings is 2. The number of carbonyl (C=O) groups excluding carboxylic acids is 2. The first-order chi connectivity index (χ1) is 12.4. The van der Waals surface area contributed by atoms with E-state index in [-0.39, 0.29) is 29.3 Å². The van der Waals surface area contributed by atoms with Crippen molar-refractivity contribution in [3.8, 4) is 11.5 Å². The highest BCUT2D eigenvalue weighted by Crippen LogP contribution is 2.28. The quantitative estimate of drug-likeness (QED) is 0.439. The van der Waals surface area contributed by atoms with Gasteiger partial charge in [-0.05, 0) is 29.8 Å². The van der Waals surface area contributed by atoms with Gasteiger partial charge in [-0.3, -0.25) is 19.7 Å². The number of ether oxygens (including phenoxy) is 2. The Labute approximate surface area is 148 Å². The molecule has 9 heteroatoms. The van der Waals surface area contributed by atoms with E-state index in [1.54, 1.807) is 12.1 Å². The second kappa shape index (κ2) is 8.47. The summed E-state index contributed by atoms with van der Waals surface area (Å²) < 4.78 is 9.75. The summed E-state index contributed by atoms with van der Waals surface area (Å²) in [6.45, 7) is -0.583. The fraction of sp³-hybridized carbons (Fsp3) is 0.176. The zero-order valence-electron chi connectivity index (χ0n) is 13.8. The third-order valence-electron chi connectivity index (χ3n) is 3.32. The number of aromatic hydroxyl groups is 1. The van der Waals surface area contributed by atoms with E-state index in [1.165, 1.54) is 37.4 Å². The number of rotatable bonds is 7. The van der Waals surface area contributed by atoms with Crippen LogP contribution in [0.5, 0.6) is 11.5 Å². The Morgan fingerprint density at radius 3 is 2.50 bits per heavy atom. The van der Waals surface area contributed by atoms with Gasteiger partial charge in [-0.15, -0.1) is 0 Å². The predicted molar refractivity (Wildman–Crippen MR) is 91.0 cm³/mol. The largest absolute Gasteiger partial charge is 0.508 e. The van der Waals surface area contributed by atoms with Gasteiger partial charge in [-0.25, -0.2) is 0 Å². The molecule has 0 aliphatic rings. The SMILES string of the molecule is COc1ccc(NC(=O)COC(=O)Cc2ccc(O)cc2)c([N+](=O)[O-])c1. The number of methoxy groups -OCH3 is 1. The van der Waals surface area contributed by atoms with Crippen molar-refractivity contribution in [2.75, 3.05) is 19.0 Å². The molecule has 0 saturated carbocycles. The van der Waals surface area contributed by atoms with E-state index in [0.717, 1.165) is 0 Å². The molecule has 0 radical (unpaired) electrons. The van der Waals surface area contributed by atoms with E-state index in [2.05, 4.69) is 5.32 Å². The molecule has 2 N–H and O–H groups in total. The smallest absolute Gasteiger partial charge is 0.310 e. The summed E-state index contributed by atoms with van der Waals surface area (Å²) in [4.78, 5) is 34.0. The van der Waals surface area contributed by atoms with Crippen molar-refractivity contribution >= 4 is 23.3 Å². The number of anilines is 1. The van der Waals surface area contributed by atoms with Crippen molar-refractivity contribution in [1.82, 2.24) is 0 Å². The number of nitrogens with zero attached hydrogens (tertiary/aromatic N) is 1. The summed E-state index contributed by atoms with van der Waals surface area (Å²) in [6, 6.07) is 9.92. The number of amides is 1. The van der Waals surface area contributed by atoms with E-state index >= 15 is 0 Å². The average Bonchev–Trinajstić information content (AvgIpc) is 2.62. The minimum Gasteiger partial charge on any atom is -0.508 e. The van der Waals surface area contributed by atoms with E-state index in [9.17, 15) is 24.8 Å². The summed E-state index contributed by atoms with van der Waals surface area (Å²) in [5, 5.41) is 22.6. The van der Waals surface area contributed by atoms with Gasteiger partial charge in [0.25, 0.3) is 11.6 Å². The number of phenolic OH excluding ortho intramolecular Hbond substituents is 1. The molecule has 26 heavy (non-hydrogen) atoms. The Kier molecular flexibility index (Phi) is 6.10. The second-order valence-corrected chi connectivity index (χ2v) is 5.19. The Morgan fingerprint density at radius 1 is 1.19 bits per heavy atom. The highest BCUT2D eigenvalue weighted by Gasteiger charge is 2.18. The Morgan fingerprint density at radius 2 is 1.88 bits per heavy atom. The molecule has 0 spiro atoms. The van der Waals surface area contributed by atoms with Crippen LogP contribution in [0.15, 0.2) is 42.5 Å². The Bertz CT molecular complexity index is 818. The molecule has 0 unspecified atom stereocenters. The van der Waals surface area contributed by atoms with E-state index in [1.807, 2.05) is 0 Å². The fourth-order valence-electron chi connectivity index (χ4n) is 2.06. The highest BCUT2D eigenvalue weighted by molar-refractivity contribution is 5.95. The molecule has 2 rings (SSSR count). The van der Waals surface area contributed by atoms with Crippen LogP contribution in [-0.2, 0) is 20.7 Å². The number of esters is 1. The predicted octanol–water partition coefficient (Wildman–Crippen LogP) is 2.03. The van der Waals surface area contributed by atoms with Crippen LogP contribution in [0.4, 0.5) is 11.4 Å². The maximum atomic E-state index is 11.9. The molecule has 2 aromatic carbocycles. The van der Waals surface area contributed by atoms with Crippen molar-refractivity contribution in [2.24, 2.45) is 0 Å². The fourth-order valence-corrected chi connectivity index (χ4v) is 2.06. The lowest BCUT2D eigenvalue weighted by atomic mass is 10.1. The molecular formula is C17H16N2O7. The van der Waals surface area contributed by atoms with Crippen LogP contribution in [0, 0.1) is 10.1 Å². The van der Waals surface area contributed by atoms with Crippen LogP contribution >= 0.6 is 0 Å². The lowest BCUT2D eigenvalue weighted by molar-refractivity contribution is -0.384. The Hall–Kier alpha value is -3.62. The molecule has 0 bridgehead atoms. The van der Waals surface area contributed by atoms with Crippen LogP contribution in [0.1, 0.15) is 5.56 Å². The van der Waals surface area contributed by atoms with Gasteiger partial charge in [0.1, 0.15) is 17.2 Å². The van der Waals surface area contributed by atoms with Gasteiger partial charge >= 0.3 is 5.97 Å². The molecule has 1 amide bonds. The summed E-state index contributed by atoms with van der Waals surface area (Å²) in [5.41, 5.74) is 0.238. The van der Waals surface area contributed by atoms with Crippen LogP contribution in [0.3, 0.4) is 0 Å². The molecule has 0 heterocycles. The molecule has 2 aromatic rings. The molecule has 0 saturated heterocycles. The first-order valence-electron chi connectivity index (χ1n) is 7.45. The van der Waals surface area contributed by atoms with Crippen LogP contribution in [0.25, 0.3) is 0 Å². The number of nitro benzene ring substituents is 1. The summed E-state index contributed by atoms with van der Waals surface area (Å²) >= 11 is 0. The first kappa shape index (κ1) is 18.7. The Balaban J connectivity index is 1.91. The molecule has 0 aliphatic heterocycles. The number of hydrogen-bond acceptors (Lipinski definition) is 7. The van der Waals surface area contributed by atoms with Crippen molar-refractivity contribution in [2.45, 2.75) is 6.42 Å². The van der Waals surface area contributed by atoms with Gasteiger partial charge in [0.05, 0.1) is 24.5 Å². The van der Waals surface area contributed by atoms with Gasteiger partial charge in [0.15, 0.2) is 6.61 Å². The summed E-state index contributed by atoms with van der Waals surface area (Å²) in [5.74, 6) is -1.01. The second-order valence-electron chi connectivity index (χ2n) is 5.19. The van der Waals surface area contributed by atoms with Gasteiger partial charge < -0.3 is 19.9 Å². The van der Waals surface area contributed by atoms with E-state index < -0.39 is 23.4 Å². The maximum Gasteiger partial charge on any atom is 0.310 e. The molecule has 0 fully saturated rings. The zero-order valence-corrected chi connectivity index (χ0v) is 13.8. The maximum absolute atomic E-state index is 11.9. The lowest BCUT2D eigenvalue weighted by Gasteiger charge is -2.08. The zero-order chi connectivity index (χ0) is 19.1. The normalized spacial score (nSPS) is 10.0. The van der Waals surface area contributed by atoms with Crippen LogP contribution in [0.2, 0.25) is 0 Å². The van der Waals surface area contributed by atoms with E-state index in [0.29, 0.717) is 5.56 Å². The van der Waals surface area contributed by atoms with Crippen molar-refractivity contribution < 1.29 is 29.1 Å². The summed E-state index contributed by atoms with van der Waals surface area (Å²) in [6.07, 6.45) is -0.0732. The number of nitrogens with one attached hydrogen (secondary N) is 1. The number of hydrogen-bond donors (Lipinski definition) is 2. The molecule has 0 aromatic heterocycles. The first-order valence-corrected chi connectivity index (χ1v) is 7.45. The van der Waals surface area contributed by atoms with Gasteiger partial charge in [0.2, 0.25) is 0 Å². The topological polar surface area (TPSA) is 128 Å². The lowest BCUT2D eigenvalue weighted by Crippen LogP contribution is -2.22. The van der Waals surface area contributed by atoms with Crippen molar-refractivity contribution in [3.63, 3.8) is 0 Å². The van der Waals surface area contributed by atoms with Crippen LogP contribution in [-0.4, -0.2) is 35.6 Å². The van der Waals surface area contributed by atoms with Crippen molar-refractivity contribution in [3.05, 3.63) is 58.1 Å². The summed E-state index contributed by atoms with van der Waals surface area (Å²) in [7, 11) is 1.37. The third kappa shape index (κ3) is 5.20. The van der Waals surface area contributed by atoms with E-state index in [4.69, 9.17) is 9.47 Å². The standard InChI is InChI=1S/C17H16N2O7/c1-25-13-6-7-14(15(9-13)19(23)24)18-16(21)10-26-17(22)8-11-2-4-12(20)5-3-11/h2-7,9,20H,8,10H2,1H3,(H,18,21). The molecular weight excluding hydrogens is 344 g/mol. The van der Waals surface area contributed by atoms with Gasteiger partial charge in [-0.1, -0.05) is 12.1 Å². The number of carbonyl (C=O) groups is 2. The molecule has 0 atom stereocenters. The van der Waals surface area contributed by atoms with Gasteiger partial charge in [0, 0.05) is 0 Å².